The van der Waals surface area contributed by atoms with Crippen LogP contribution in [0.15, 0.2) is 23.2 Å². The van der Waals surface area contributed by atoms with Crippen molar-refractivity contribution in [3.63, 3.8) is 0 Å². The molecule has 0 atom stereocenters. The van der Waals surface area contributed by atoms with Crippen molar-refractivity contribution in [2.24, 2.45) is 4.99 Å². The lowest BCUT2D eigenvalue weighted by molar-refractivity contribution is 0.304. The minimum atomic E-state index is -2.82. The molecule has 1 aliphatic rings. The average Bonchev–Trinajstić information content (AvgIpc) is 2.64. The number of benzene rings is 1. The van der Waals surface area contributed by atoms with E-state index in [4.69, 9.17) is 4.74 Å². The number of ether oxygens (including phenoxy) is 1. The maximum absolute atomic E-state index is 11.5. The minimum absolute atomic E-state index is 0. The van der Waals surface area contributed by atoms with Gasteiger partial charge in [-0.1, -0.05) is 12.1 Å². The molecule has 0 aromatic heterocycles. The van der Waals surface area contributed by atoms with E-state index in [2.05, 4.69) is 38.7 Å². The van der Waals surface area contributed by atoms with Crippen molar-refractivity contribution >= 4 is 39.8 Å². The molecule has 9 heteroatoms. The van der Waals surface area contributed by atoms with E-state index in [9.17, 15) is 8.42 Å². The highest BCUT2D eigenvalue weighted by Gasteiger charge is 2.20. The Balaban J connectivity index is 0.00000392. The van der Waals surface area contributed by atoms with E-state index < -0.39 is 9.84 Å². The molecule has 0 bridgehead atoms. The largest absolute Gasteiger partial charge is 0.496 e. The zero-order valence-corrected chi connectivity index (χ0v) is 20.2. The van der Waals surface area contributed by atoms with Crippen LogP contribution >= 0.6 is 24.0 Å². The second-order valence-electron chi connectivity index (χ2n) is 6.73. The highest BCUT2D eigenvalue weighted by Crippen LogP contribution is 2.18. The van der Waals surface area contributed by atoms with Crippen LogP contribution in [-0.4, -0.2) is 77.2 Å². The minimum Gasteiger partial charge on any atom is -0.496 e. The number of nitrogens with zero attached hydrogens (tertiary/aromatic N) is 2. The summed E-state index contributed by atoms with van der Waals surface area (Å²) in [4.78, 5) is 6.76. The molecule has 160 valence electrons. The maximum atomic E-state index is 11.5. The summed E-state index contributed by atoms with van der Waals surface area (Å²) in [6.45, 7) is 8.29. The van der Waals surface area contributed by atoms with Gasteiger partial charge in [-0.2, -0.15) is 0 Å². The second-order valence-corrected chi connectivity index (χ2v) is 9.04. The van der Waals surface area contributed by atoms with Gasteiger partial charge in [0.05, 0.1) is 25.2 Å². The van der Waals surface area contributed by atoms with Gasteiger partial charge in [-0.25, -0.2) is 8.42 Å². The average molecular weight is 524 g/mol. The molecule has 1 aromatic rings. The number of nitrogens with one attached hydrogen (secondary N) is 2. The van der Waals surface area contributed by atoms with E-state index in [-0.39, 0.29) is 35.5 Å². The monoisotopic (exact) mass is 524 g/mol. The van der Waals surface area contributed by atoms with E-state index >= 15 is 0 Å². The third kappa shape index (κ3) is 8.52. The van der Waals surface area contributed by atoms with E-state index in [1.54, 1.807) is 7.11 Å². The second kappa shape index (κ2) is 12.5. The standard InChI is InChI=1S/C19H32N4O3S.HI/c1-4-20-19(22-9-10-23-11-13-27(24,25)14-12-23)21-8-7-17-6-5-16(2)18(15-17)26-3;/h5-6,15H,4,7-14H2,1-3H3,(H2,20,21,22);1H. The van der Waals surface area contributed by atoms with Gasteiger partial charge in [0.1, 0.15) is 5.75 Å². The summed E-state index contributed by atoms with van der Waals surface area (Å²) in [6.07, 6.45) is 0.880. The first-order valence-electron chi connectivity index (χ1n) is 9.52. The van der Waals surface area contributed by atoms with Crippen molar-refractivity contribution in [3.05, 3.63) is 29.3 Å². The Morgan fingerprint density at radius 3 is 2.61 bits per heavy atom. The third-order valence-electron chi connectivity index (χ3n) is 4.65. The Morgan fingerprint density at radius 2 is 1.96 bits per heavy atom. The normalized spacial score (nSPS) is 16.9. The molecule has 1 fully saturated rings. The number of halogens is 1. The van der Waals surface area contributed by atoms with Crippen LogP contribution < -0.4 is 15.4 Å². The maximum Gasteiger partial charge on any atom is 0.191 e. The summed E-state index contributed by atoms with van der Waals surface area (Å²) < 4.78 is 28.3. The van der Waals surface area contributed by atoms with Gasteiger partial charge in [-0.05, 0) is 37.5 Å². The summed E-state index contributed by atoms with van der Waals surface area (Å²) in [5.74, 6) is 2.22. The Bertz CT molecular complexity index is 727. The molecule has 1 aromatic carbocycles. The van der Waals surface area contributed by atoms with Crippen LogP contribution in [0.5, 0.6) is 5.75 Å². The molecule has 0 amide bonds. The number of aryl methyl sites for hydroxylation is 1. The van der Waals surface area contributed by atoms with Crippen LogP contribution in [0.1, 0.15) is 18.1 Å². The van der Waals surface area contributed by atoms with E-state index in [0.717, 1.165) is 43.3 Å². The molecule has 0 radical (unpaired) electrons. The summed E-state index contributed by atoms with van der Waals surface area (Å²) in [5, 5.41) is 6.61. The van der Waals surface area contributed by atoms with E-state index in [0.29, 0.717) is 19.6 Å². The number of guanidine groups is 1. The van der Waals surface area contributed by atoms with Crippen molar-refractivity contribution in [1.82, 2.24) is 15.5 Å². The van der Waals surface area contributed by atoms with Gasteiger partial charge in [-0.15, -0.1) is 24.0 Å². The summed E-state index contributed by atoms with van der Waals surface area (Å²) in [6, 6.07) is 6.27. The zero-order valence-electron chi connectivity index (χ0n) is 17.0. The van der Waals surface area contributed by atoms with Gasteiger partial charge in [-0.3, -0.25) is 9.89 Å². The molecule has 0 saturated carbocycles. The lowest BCUT2D eigenvalue weighted by Gasteiger charge is -2.25. The van der Waals surface area contributed by atoms with Crippen LogP contribution in [0.2, 0.25) is 0 Å². The smallest absolute Gasteiger partial charge is 0.191 e. The van der Waals surface area contributed by atoms with E-state index in [1.807, 2.05) is 13.8 Å². The first-order valence-corrected chi connectivity index (χ1v) is 11.3. The van der Waals surface area contributed by atoms with Crippen molar-refractivity contribution in [2.45, 2.75) is 20.3 Å². The Labute approximate surface area is 186 Å². The molecule has 2 rings (SSSR count). The fourth-order valence-electron chi connectivity index (χ4n) is 2.96. The van der Waals surface area contributed by atoms with Crippen LogP contribution in [0.4, 0.5) is 0 Å². The fraction of sp³-hybridized carbons (Fsp3) is 0.632. The van der Waals surface area contributed by atoms with Crippen molar-refractivity contribution in [2.75, 3.05) is 57.9 Å². The summed E-state index contributed by atoms with van der Waals surface area (Å²) in [7, 11) is -1.13. The van der Waals surface area contributed by atoms with Gasteiger partial charge in [0.2, 0.25) is 0 Å². The van der Waals surface area contributed by atoms with E-state index in [1.165, 1.54) is 5.56 Å². The number of methoxy groups -OCH3 is 1. The SMILES string of the molecule is CCNC(=NCCN1CCS(=O)(=O)CC1)NCCc1ccc(C)c(OC)c1.I. The molecule has 0 unspecified atom stereocenters. The van der Waals surface area contributed by atoms with Gasteiger partial charge in [0, 0.05) is 32.7 Å². The van der Waals surface area contributed by atoms with Crippen molar-refractivity contribution in [3.8, 4) is 5.75 Å². The molecular formula is C19H33IN4O3S. The Hall–Kier alpha value is -1.07. The van der Waals surface area contributed by atoms with Crippen LogP contribution in [0, 0.1) is 6.92 Å². The van der Waals surface area contributed by atoms with Crippen LogP contribution in [0.3, 0.4) is 0 Å². The molecule has 0 aliphatic carbocycles. The Kier molecular flexibility index (Phi) is 11.1. The highest BCUT2D eigenvalue weighted by molar-refractivity contribution is 14.0. The number of hydrogen-bond donors (Lipinski definition) is 2. The highest BCUT2D eigenvalue weighted by atomic mass is 127. The molecule has 1 saturated heterocycles. The van der Waals surface area contributed by atoms with Gasteiger partial charge in [0.15, 0.2) is 15.8 Å². The first kappa shape index (κ1) is 25.0. The predicted octanol–water partition coefficient (Wildman–Crippen LogP) is 1.45. The molecule has 2 N–H and O–H groups in total. The van der Waals surface area contributed by atoms with Gasteiger partial charge >= 0.3 is 0 Å². The molecule has 7 nitrogen and oxygen atoms in total. The number of aliphatic imine (C=N–C) groups is 1. The fourth-order valence-corrected chi connectivity index (χ4v) is 4.24. The van der Waals surface area contributed by atoms with Crippen molar-refractivity contribution < 1.29 is 13.2 Å². The lowest BCUT2D eigenvalue weighted by Crippen LogP contribution is -2.42. The molecule has 1 heterocycles. The topological polar surface area (TPSA) is 83.0 Å². The summed E-state index contributed by atoms with van der Waals surface area (Å²) in [5.41, 5.74) is 2.35. The van der Waals surface area contributed by atoms with Crippen LogP contribution in [-0.2, 0) is 16.3 Å². The molecule has 0 spiro atoms. The van der Waals surface area contributed by atoms with Crippen LogP contribution in [0.25, 0.3) is 0 Å². The predicted molar refractivity (Wildman–Crippen MR) is 126 cm³/mol. The van der Waals surface area contributed by atoms with Crippen molar-refractivity contribution in [1.29, 1.82) is 0 Å². The Morgan fingerprint density at radius 1 is 1.25 bits per heavy atom. The number of rotatable bonds is 8. The number of sulfone groups is 1. The molecule has 28 heavy (non-hydrogen) atoms. The molecular weight excluding hydrogens is 491 g/mol. The quantitative estimate of drug-likeness (QED) is 0.305. The third-order valence-corrected chi connectivity index (χ3v) is 6.26. The lowest BCUT2D eigenvalue weighted by atomic mass is 10.1. The molecule has 1 aliphatic heterocycles. The van der Waals surface area contributed by atoms with Gasteiger partial charge in [0.25, 0.3) is 0 Å². The summed E-state index contributed by atoms with van der Waals surface area (Å²) >= 11 is 0. The number of hydrogen-bond acceptors (Lipinski definition) is 5. The zero-order chi connectivity index (χ0) is 19.7. The van der Waals surface area contributed by atoms with Gasteiger partial charge < -0.3 is 15.4 Å². The first-order chi connectivity index (χ1) is 12.9.